The van der Waals surface area contributed by atoms with E-state index in [0.717, 1.165) is 0 Å². The molecule has 0 amide bonds. The molecule has 4 aromatic carbocycles. The molecule has 0 unspecified atom stereocenters. The summed E-state index contributed by atoms with van der Waals surface area (Å²) in [6, 6.07) is 27.1. The Hall–Kier alpha value is -2.68. The quantitative estimate of drug-likeness (QED) is 0.261. The largest absolute Gasteiger partial charge is 0.135 e. The molecule has 0 aliphatic rings. The second-order valence-electron chi connectivity index (χ2n) is 7.53. The van der Waals surface area contributed by atoms with Gasteiger partial charge in [0.1, 0.15) is 0 Å². The van der Waals surface area contributed by atoms with Crippen LogP contribution in [0, 0.1) is 13.8 Å². The van der Waals surface area contributed by atoms with E-state index in [-0.39, 0.29) is 0 Å². The number of thiophene rings is 2. The molecule has 0 N–H and O–H groups in total. The number of hydrogen-bond donors (Lipinski definition) is 0. The Morgan fingerprint density at radius 3 is 2.18 bits per heavy atom. The molecular formula is C26H18S2. The zero-order valence-electron chi connectivity index (χ0n) is 15.7. The van der Waals surface area contributed by atoms with Gasteiger partial charge in [-0.05, 0) is 54.3 Å². The summed E-state index contributed by atoms with van der Waals surface area (Å²) in [6.07, 6.45) is 0. The first-order valence-corrected chi connectivity index (χ1v) is 11.2. The van der Waals surface area contributed by atoms with E-state index >= 15 is 0 Å². The van der Waals surface area contributed by atoms with Crippen LogP contribution in [0.3, 0.4) is 0 Å². The maximum Gasteiger partial charge on any atom is 0.0390 e. The van der Waals surface area contributed by atoms with Crippen LogP contribution in [0.25, 0.3) is 51.5 Å². The Balaban J connectivity index is 1.59. The van der Waals surface area contributed by atoms with Crippen LogP contribution < -0.4 is 0 Å². The Morgan fingerprint density at radius 1 is 0.571 bits per heavy atom. The van der Waals surface area contributed by atoms with E-state index in [2.05, 4.69) is 86.6 Å². The number of hydrogen-bond acceptors (Lipinski definition) is 2. The molecule has 0 nitrogen and oxygen atoms in total. The maximum atomic E-state index is 2.37. The van der Waals surface area contributed by atoms with E-state index in [9.17, 15) is 0 Å². The third kappa shape index (κ3) is 2.28. The average molecular weight is 395 g/mol. The molecule has 2 heterocycles. The van der Waals surface area contributed by atoms with Crippen LogP contribution in [-0.2, 0) is 0 Å². The van der Waals surface area contributed by atoms with Crippen molar-refractivity contribution in [1.29, 1.82) is 0 Å². The molecule has 0 radical (unpaired) electrons. The molecule has 0 fully saturated rings. The van der Waals surface area contributed by atoms with Crippen LogP contribution >= 0.6 is 22.7 Å². The van der Waals surface area contributed by atoms with Crippen LogP contribution in [0.2, 0.25) is 0 Å². The Kier molecular flexibility index (Phi) is 3.44. The summed E-state index contributed by atoms with van der Waals surface area (Å²) in [5.41, 5.74) is 5.36. The van der Waals surface area contributed by atoms with E-state index in [1.54, 1.807) is 0 Å². The maximum absolute atomic E-state index is 2.37. The normalized spacial score (nSPS) is 11.9. The number of rotatable bonds is 1. The Labute approximate surface area is 171 Å². The molecule has 6 aromatic rings. The fraction of sp³-hybridized carbons (Fsp3) is 0.0769. The molecule has 0 spiro atoms. The molecule has 0 bridgehead atoms. The van der Waals surface area contributed by atoms with E-state index in [4.69, 9.17) is 0 Å². The van der Waals surface area contributed by atoms with E-state index in [1.165, 1.54) is 62.6 Å². The van der Waals surface area contributed by atoms with Crippen molar-refractivity contribution in [2.75, 3.05) is 0 Å². The van der Waals surface area contributed by atoms with Gasteiger partial charge in [0, 0.05) is 40.3 Å². The fourth-order valence-corrected chi connectivity index (χ4v) is 6.74. The molecule has 6 rings (SSSR count). The lowest BCUT2D eigenvalue weighted by Gasteiger charge is -2.08. The summed E-state index contributed by atoms with van der Waals surface area (Å²) in [6.45, 7) is 4.43. The van der Waals surface area contributed by atoms with Gasteiger partial charge in [-0.15, -0.1) is 22.7 Å². The summed E-state index contributed by atoms with van der Waals surface area (Å²) in [5, 5.41) is 5.48. The van der Waals surface area contributed by atoms with Crippen molar-refractivity contribution in [2.24, 2.45) is 0 Å². The first-order chi connectivity index (χ1) is 13.7. The van der Waals surface area contributed by atoms with Gasteiger partial charge in [0.05, 0.1) is 0 Å². The number of fused-ring (bicyclic) bond motifs is 6. The van der Waals surface area contributed by atoms with E-state index in [0.29, 0.717) is 0 Å². The van der Waals surface area contributed by atoms with Gasteiger partial charge in [0.2, 0.25) is 0 Å². The Morgan fingerprint density at radius 2 is 1.29 bits per heavy atom. The highest BCUT2D eigenvalue weighted by atomic mass is 32.1. The highest BCUT2D eigenvalue weighted by molar-refractivity contribution is 7.26. The third-order valence-corrected chi connectivity index (χ3v) is 8.16. The predicted octanol–water partition coefficient (Wildman–Crippen LogP) is 8.71. The lowest BCUT2D eigenvalue weighted by atomic mass is 9.97. The number of aryl methyl sites for hydroxylation is 2. The standard InChI is InChI=1S/C26H18S2/c1-15-7-9-20-21-10-8-17(14-25(21)27-24(20)13-15)18-11-12-22-19-5-3-4-6-23(19)28-26(22)16(18)2/h3-14H,1-2H3. The van der Waals surface area contributed by atoms with Crippen molar-refractivity contribution >= 4 is 63.0 Å². The van der Waals surface area contributed by atoms with Crippen LogP contribution in [0.1, 0.15) is 11.1 Å². The Bertz CT molecular complexity index is 1530. The van der Waals surface area contributed by atoms with E-state index in [1.807, 2.05) is 22.7 Å². The van der Waals surface area contributed by atoms with Crippen molar-refractivity contribution in [2.45, 2.75) is 13.8 Å². The molecule has 28 heavy (non-hydrogen) atoms. The zero-order chi connectivity index (χ0) is 18.8. The molecular weight excluding hydrogens is 376 g/mol. The summed E-state index contributed by atoms with van der Waals surface area (Å²) >= 11 is 3.81. The van der Waals surface area contributed by atoms with Crippen LogP contribution in [0.5, 0.6) is 0 Å². The predicted molar refractivity (Wildman–Crippen MR) is 127 cm³/mol. The van der Waals surface area contributed by atoms with Crippen molar-refractivity contribution in [1.82, 2.24) is 0 Å². The highest BCUT2D eigenvalue weighted by Crippen LogP contribution is 2.41. The lowest BCUT2D eigenvalue weighted by molar-refractivity contribution is 1.52. The molecule has 0 atom stereocenters. The molecule has 0 saturated heterocycles. The van der Waals surface area contributed by atoms with Gasteiger partial charge in [-0.25, -0.2) is 0 Å². The lowest BCUT2D eigenvalue weighted by Crippen LogP contribution is -1.83. The minimum atomic E-state index is 1.31. The van der Waals surface area contributed by atoms with Crippen molar-refractivity contribution in [3.63, 3.8) is 0 Å². The number of benzene rings is 4. The average Bonchev–Trinajstić information content (AvgIpc) is 3.26. The molecule has 0 saturated carbocycles. The topological polar surface area (TPSA) is 0 Å². The molecule has 134 valence electrons. The van der Waals surface area contributed by atoms with Gasteiger partial charge in [-0.1, -0.05) is 54.6 Å². The van der Waals surface area contributed by atoms with Crippen LogP contribution in [-0.4, -0.2) is 0 Å². The SMILES string of the molecule is Cc1ccc2c(c1)sc1cc(-c3ccc4c(sc5ccccc54)c3C)ccc12. The molecule has 0 aliphatic carbocycles. The van der Waals surface area contributed by atoms with Gasteiger partial charge in [-0.3, -0.25) is 0 Å². The summed E-state index contributed by atoms with van der Waals surface area (Å²) < 4.78 is 5.52. The van der Waals surface area contributed by atoms with Gasteiger partial charge in [-0.2, -0.15) is 0 Å². The van der Waals surface area contributed by atoms with Crippen LogP contribution in [0.4, 0.5) is 0 Å². The third-order valence-electron chi connectivity index (χ3n) is 5.73. The molecule has 0 aliphatic heterocycles. The second kappa shape index (κ2) is 5.91. The van der Waals surface area contributed by atoms with Gasteiger partial charge < -0.3 is 0 Å². The smallest absolute Gasteiger partial charge is 0.0390 e. The summed E-state index contributed by atoms with van der Waals surface area (Å²) in [5.74, 6) is 0. The molecule has 2 aromatic heterocycles. The van der Waals surface area contributed by atoms with Gasteiger partial charge in [0.15, 0.2) is 0 Å². The van der Waals surface area contributed by atoms with Crippen molar-refractivity contribution in [3.8, 4) is 11.1 Å². The fourth-order valence-electron chi connectivity index (χ4n) is 4.29. The van der Waals surface area contributed by atoms with Crippen molar-refractivity contribution < 1.29 is 0 Å². The molecule has 2 heteroatoms. The highest BCUT2D eigenvalue weighted by Gasteiger charge is 2.12. The first-order valence-electron chi connectivity index (χ1n) is 9.53. The summed E-state index contributed by atoms with van der Waals surface area (Å²) in [4.78, 5) is 0. The monoisotopic (exact) mass is 394 g/mol. The zero-order valence-corrected chi connectivity index (χ0v) is 17.4. The van der Waals surface area contributed by atoms with Gasteiger partial charge in [0.25, 0.3) is 0 Å². The second-order valence-corrected chi connectivity index (χ2v) is 9.66. The summed E-state index contributed by atoms with van der Waals surface area (Å²) in [7, 11) is 0. The van der Waals surface area contributed by atoms with Crippen LogP contribution in [0.15, 0.2) is 72.8 Å². The van der Waals surface area contributed by atoms with Crippen molar-refractivity contribution in [3.05, 3.63) is 83.9 Å². The first kappa shape index (κ1) is 16.3. The minimum absolute atomic E-state index is 1.31. The van der Waals surface area contributed by atoms with Gasteiger partial charge >= 0.3 is 0 Å². The minimum Gasteiger partial charge on any atom is -0.135 e. The van der Waals surface area contributed by atoms with E-state index < -0.39 is 0 Å².